The topological polar surface area (TPSA) is 55.1 Å². The summed E-state index contributed by atoms with van der Waals surface area (Å²) in [6, 6.07) is 11.1. The minimum absolute atomic E-state index is 0.00318. The van der Waals surface area contributed by atoms with Gasteiger partial charge in [0.1, 0.15) is 6.29 Å². The van der Waals surface area contributed by atoms with E-state index in [4.69, 9.17) is 5.73 Å². The molecule has 0 radical (unpaired) electrons. The van der Waals surface area contributed by atoms with E-state index in [-0.39, 0.29) is 11.5 Å². The number of carbonyl (C=O) groups is 1. The molecule has 0 saturated heterocycles. The molecule has 8 rings (SSSR count). The molecule has 7 aliphatic rings. The third-order valence-corrected chi connectivity index (χ3v) is 14.1. The standard InChI is InChI=1S/C37H50N2O/c1-22-11-15-33-36(32-19-24(18-30(22)32)23-7-5-6-8-23)37(33,35(38)21-40)26-12-13-28-25(17-26)20-31-29(28)14-16-34(31)39-27-9-3-2-4-10-27/h2-4,9-10,12-13,21,23-26,28-36,39H,1,5-8,11,14-20,38H2/t24-,25+,26-,28+,29+,30+,31-,32+,33+,34+,35-,36-,37+/m0/s1. The van der Waals surface area contributed by atoms with E-state index >= 15 is 0 Å². The van der Waals surface area contributed by atoms with Crippen LogP contribution in [-0.2, 0) is 4.79 Å². The van der Waals surface area contributed by atoms with Crippen LogP contribution >= 0.6 is 0 Å². The van der Waals surface area contributed by atoms with Crippen LogP contribution in [0, 0.1) is 70.5 Å². The average molecular weight is 539 g/mol. The lowest BCUT2D eigenvalue weighted by Crippen LogP contribution is -2.43. The lowest BCUT2D eigenvalue weighted by atomic mass is 9.67. The average Bonchev–Trinajstić information content (AvgIpc) is 3.53. The number of carbonyl (C=O) groups excluding carboxylic acids is 1. The van der Waals surface area contributed by atoms with Crippen LogP contribution in [-0.4, -0.2) is 18.4 Å². The Labute approximate surface area is 241 Å². The molecule has 6 fully saturated rings. The van der Waals surface area contributed by atoms with Crippen LogP contribution in [0.1, 0.15) is 77.0 Å². The SMILES string of the molecule is C=C1CC[C@@H]2[C@H]([C@@H]3C[C@@H](C4CCCC4)C[C@H]13)[C@]2([C@@H](N)C=O)[C@H]1C=C[C@@H]2[C@@H](C[C@H]3[C@@H]2CC[C@H]3Nc2ccccc2)C1. The number of aldehydes is 1. The first kappa shape index (κ1) is 25.8. The molecule has 0 amide bonds. The van der Waals surface area contributed by atoms with E-state index in [0.29, 0.717) is 35.6 Å². The minimum Gasteiger partial charge on any atom is -0.382 e. The molecular formula is C37H50N2O. The number of benzene rings is 1. The molecule has 3 N–H and O–H groups in total. The number of hydrogen-bond acceptors (Lipinski definition) is 3. The van der Waals surface area contributed by atoms with Crippen molar-refractivity contribution in [3.05, 3.63) is 54.6 Å². The van der Waals surface area contributed by atoms with E-state index in [1.165, 1.54) is 81.9 Å². The van der Waals surface area contributed by atoms with E-state index in [1.54, 1.807) is 0 Å². The third-order valence-electron chi connectivity index (χ3n) is 14.1. The number of para-hydroxylation sites is 1. The number of allylic oxidation sites excluding steroid dienone is 3. The Morgan fingerprint density at radius 3 is 2.48 bits per heavy atom. The van der Waals surface area contributed by atoms with E-state index in [9.17, 15) is 4.79 Å². The molecule has 1 aromatic rings. The van der Waals surface area contributed by atoms with Gasteiger partial charge in [-0.2, -0.15) is 0 Å². The van der Waals surface area contributed by atoms with Gasteiger partial charge >= 0.3 is 0 Å². The van der Waals surface area contributed by atoms with Gasteiger partial charge in [0.05, 0.1) is 6.04 Å². The van der Waals surface area contributed by atoms with Crippen LogP contribution < -0.4 is 11.1 Å². The maximum atomic E-state index is 12.5. The number of nitrogens with one attached hydrogen (secondary N) is 1. The highest BCUT2D eigenvalue weighted by atomic mass is 16.1. The van der Waals surface area contributed by atoms with Gasteiger partial charge in [0.2, 0.25) is 0 Å². The molecule has 3 nitrogen and oxygen atoms in total. The highest BCUT2D eigenvalue weighted by Gasteiger charge is 2.74. The van der Waals surface area contributed by atoms with Crippen LogP contribution in [0.3, 0.4) is 0 Å². The van der Waals surface area contributed by atoms with Gasteiger partial charge in [-0.15, -0.1) is 0 Å². The summed E-state index contributed by atoms with van der Waals surface area (Å²) >= 11 is 0. The zero-order valence-electron chi connectivity index (χ0n) is 24.3. The van der Waals surface area contributed by atoms with Crippen molar-refractivity contribution in [2.24, 2.45) is 76.2 Å². The van der Waals surface area contributed by atoms with Crippen molar-refractivity contribution in [2.75, 3.05) is 5.32 Å². The number of anilines is 1. The molecule has 1 aromatic carbocycles. The van der Waals surface area contributed by atoms with E-state index in [2.05, 4.69) is 54.4 Å². The number of nitrogens with two attached hydrogens (primary N) is 1. The van der Waals surface area contributed by atoms with Crippen molar-refractivity contribution in [3.63, 3.8) is 0 Å². The molecular weight excluding hydrogens is 488 g/mol. The predicted octanol–water partition coefficient (Wildman–Crippen LogP) is 7.65. The molecule has 7 aliphatic carbocycles. The molecule has 0 bridgehead atoms. The first-order chi connectivity index (χ1) is 19.6. The van der Waals surface area contributed by atoms with Crippen LogP contribution in [0.5, 0.6) is 0 Å². The lowest BCUT2D eigenvalue weighted by Gasteiger charge is -2.38. The Bertz CT molecular complexity index is 1150. The zero-order chi connectivity index (χ0) is 27.0. The highest BCUT2D eigenvalue weighted by molar-refractivity contribution is 5.61. The van der Waals surface area contributed by atoms with E-state index in [0.717, 1.165) is 48.2 Å². The molecule has 214 valence electrons. The van der Waals surface area contributed by atoms with Gasteiger partial charge < -0.3 is 15.8 Å². The van der Waals surface area contributed by atoms with Crippen molar-refractivity contribution < 1.29 is 4.79 Å². The van der Waals surface area contributed by atoms with Gasteiger partial charge in [-0.05, 0) is 129 Å². The van der Waals surface area contributed by atoms with E-state index < -0.39 is 0 Å². The van der Waals surface area contributed by atoms with Crippen LogP contribution in [0.2, 0.25) is 0 Å². The summed E-state index contributed by atoms with van der Waals surface area (Å²) in [6.07, 6.45) is 22.5. The second-order valence-corrected chi connectivity index (χ2v) is 15.4. The van der Waals surface area contributed by atoms with Gasteiger partial charge in [0.25, 0.3) is 0 Å². The van der Waals surface area contributed by atoms with Crippen molar-refractivity contribution in [1.29, 1.82) is 0 Å². The quantitative estimate of drug-likeness (QED) is 0.289. The minimum atomic E-state index is -0.320. The fourth-order valence-electron chi connectivity index (χ4n) is 12.6. The smallest absolute Gasteiger partial charge is 0.137 e. The summed E-state index contributed by atoms with van der Waals surface area (Å²) in [5.41, 5.74) is 9.73. The molecule has 0 spiro atoms. The maximum Gasteiger partial charge on any atom is 0.137 e. The summed E-state index contributed by atoms with van der Waals surface area (Å²) in [4.78, 5) is 12.5. The monoisotopic (exact) mass is 538 g/mol. The second-order valence-electron chi connectivity index (χ2n) is 15.4. The number of fused-ring (bicyclic) bond motifs is 6. The first-order valence-corrected chi connectivity index (χ1v) is 17.0. The lowest BCUT2D eigenvalue weighted by molar-refractivity contribution is -0.111. The Morgan fingerprint density at radius 2 is 1.68 bits per heavy atom. The van der Waals surface area contributed by atoms with Crippen molar-refractivity contribution in [2.45, 2.75) is 89.1 Å². The first-order valence-electron chi connectivity index (χ1n) is 17.0. The fraction of sp³-hybridized carbons (Fsp3) is 0.703. The Balaban J connectivity index is 1.04. The summed E-state index contributed by atoms with van der Waals surface area (Å²) in [5, 5.41) is 3.91. The molecule has 0 aromatic heterocycles. The predicted molar refractivity (Wildman–Crippen MR) is 162 cm³/mol. The van der Waals surface area contributed by atoms with Crippen LogP contribution in [0.25, 0.3) is 0 Å². The zero-order valence-corrected chi connectivity index (χ0v) is 24.3. The summed E-state index contributed by atoms with van der Waals surface area (Å²) < 4.78 is 0. The van der Waals surface area contributed by atoms with Gasteiger partial charge in [-0.3, -0.25) is 0 Å². The highest BCUT2D eigenvalue weighted by Crippen LogP contribution is 2.76. The summed E-state index contributed by atoms with van der Waals surface area (Å²) in [7, 11) is 0. The summed E-state index contributed by atoms with van der Waals surface area (Å²) in [5.74, 6) is 8.00. The number of hydrogen-bond donors (Lipinski definition) is 2. The maximum absolute atomic E-state index is 12.5. The Kier molecular flexibility index (Phi) is 6.36. The molecule has 13 atom stereocenters. The Morgan fingerprint density at radius 1 is 0.875 bits per heavy atom. The van der Waals surface area contributed by atoms with Gasteiger partial charge in [0, 0.05) is 17.1 Å². The second kappa shape index (κ2) is 9.85. The molecule has 0 heterocycles. The van der Waals surface area contributed by atoms with Crippen molar-refractivity contribution in [1.82, 2.24) is 0 Å². The van der Waals surface area contributed by atoms with E-state index in [1.807, 2.05) is 0 Å². The molecule has 0 unspecified atom stereocenters. The molecule has 40 heavy (non-hydrogen) atoms. The van der Waals surface area contributed by atoms with Gasteiger partial charge in [0.15, 0.2) is 0 Å². The van der Waals surface area contributed by atoms with Gasteiger partial charge in [-0.1, -0.05) is 68.2 Å². The normalized spacial score (nSPS) is 48.1. The van der Waals surface area contributed by atoms with Crippen LogP contribution in [0.4, 0.5) is 5.69 Å². The van der Waals surface area contributed by atoms with Crippen molar-refractivity contribution in [3.8, 4) is 0 Å². The summed E-state index contributed by atoms with van der Waals surface area (Å²) in [6.45, 7) is 4.65. The molecule has 0 aliphatic heterocycles. The number of rotatable bonds is 6. The molecule has 6 saturated carbocycles. The largest absolute Gasteiger partial charge is 0.382 e. The Hall–Kier alpha value is -1.87. The molecule has 3 heteroatoms. The third kappa shape index (κ3) is 3.81. The van der Waals surface area contributed by atoms with Crippen molar-refractivity contribution >= 4 is 12.0 Å². The fourth-order valence-corrected chi connectivity index (χ4v) is 12.6. The van der Waals surface area contributed by atoms with Gasteiger partial charge in [-0.25, -0.2) is 0 Å². The van der Waals surface area contributed by atoms with Crippen LogP contribution in [0.15, 0.2) is 54.6 Å².